The number of nitrogens with zero attached hydrogens (tertiary/aromatic N) is 4. The van der Waals surface area contributed by atoms with Crippen LogP contribution in [-0.2, 0) is 24.4 Å². The van der Waals surface area contributed by atoms with Crippen molar-refractivity contribution < 1.29 is 4.79 Å². The summed E-state index contributed by atoms with van der Waals surface area (Å²) in [5.41, 5.74) is 2.13. The van der Waals surface area contributed by atoms with E-state index < -0.39 is 0 Å². The summed E-state index contributed by atoms with van der Waals surface area (Å²) in [6.07, 6.45) is 0. The van der Waals surface area contributed by atoms with E-state index >= 15 is 0 Å². The van der Waals surface area contributed by atoms with Crippen molar-refractivity contribution >= 4 is 23.2 Å². The fraction of sp³-hybridized carbons (Fsp3) is 0.286. The van der Waals surface area contributed by atoms with Gasteiger partial charge in [0.05, 0.1) is 12.2 Å². The molecule has 2 heterocycles. The van der Waals surface area contributed by atoms with Crippen LogP contribution in [0.15, 0.2) is 53.3 Å². The summed E-state index contributed by atoms with van der Waals surface area (Å²) in [6.45, 7) is 4.91. The predicted octanol–water partition coefficient (Wildman–Crippen LogP) is 3.57. The fourth-order valence-electron chi connectivity index (χ4n) is 3.46. The van der Waals surface area contributed by atoms with E-state index in [1.54, 1.807) is 17.0 Å². The lowest BCUT2D eigenvalue weighted by molar-refractivity contribution is -0.119. The second kappa shape index (κ2) is 7.28. The fourth-order valence-corrected chi connectivity index (χ4v) is 3.64. The highest BCUT2D eigenvalue weighted by Gasteiger charge is 2.29. The summed E-state index contributed by atoms with van der Waals surface area (Å²) in [6, 6.07) is 15.1. The van der Waals surface area contributed by atoms with Gasteiger partial charge in [-0.05, 0) is 29.7 Å². The van der Waals surface area contributed by atoms with Crippen molar-refractivity contribution in [1.29, 1.82) is 0 Å². The third kappa shape index (κ3) is 3.36. The third-order valence-electron chi connectivity index (χ3n) is 4.73. The Morgan fingerprint density at radius 2 is 1.86 bits per heavy atom. The standard InChI is InChI=1S/C21H21ClN4O2/c1-14(2)11-26-21(28)25-13-19(27)24(12-15-6-4-3-5-7-15)18-9-8-16(22)10-17(18)20(25)23-26/h3-10,14H,11-13H2,1-2H3. The van der Waals surface area contributed by atoms with Gasteiger partial charge in [0.25, 0.3) is 0 Å². The molecule has 2 aromatic carbocycles. The molecule has 144 valence electrons. The minimum absolute atomic E-state index is 0.0502. The Morgan fingerprint density at radius 1 is 1.11 bits per heavy atom. The molecule has 3 aromatic rings. The first-order chi connectivity index (χ1) is 13.4. The van der Waals surface area contributed by atoms with E-state index in [0.717, 1.165) is 5.56 Å². The van der Waals surface area contributed by atoms with Gasteiger partial charge in [-0.25, -0.2) is 9.48 Å². The SMILES string of the molecule is CC(C)Cn1nc2n(c1=O)CC(=O)N(Cc1ccccc1)c1ccc(Cl)cc1-2. The maximum atomic E-state index is 13.1. The molecule has 0 fully saturated rings. The molecule has 0 spiro atoms. The van der Waals surface area contributed by atoms with Gasteiger partial charge in [0, 0.05) is 17.1 Å². The maximum Gasteiger partial charge on any atom is 0.346 e. The Balaban J connectivity index is 1.86. The van der Waals surface area contributed by atoms with E-state index in [-0.39, 0.29) is 24.1 Å². The molecule has 1 aliphatic rings. The molecule has 0 bridgehead atoms. The second-order valence-electron chi connectivity index (χ2n) is 7.40. The number of benzene rings is 2. The molecule has 0 atom stereocenters. The van der Waals surface area contributed by atoms with Gasteiger partial charge in [-0.15, -0.1) is 5.10 Å². The number of hydrogen-bond acceptors (Lipinski definition) is 3. The van der Waals surface area contributed by atoms with Crippen molar-refractivity contribution in [3.63, 3.8) is 0 Å². The molecular formula is C21H21ClN4O2. The van der Waals surface area contributed by atoms with Crippen molar-refractivity contribution in [1.82, 2.24) is 14.3 Å². The molecular weight excluding hydrogens is 376 g/mol. The van der Waals surface area contributed by atoms with E-state index in [1.165, 1.54) is 9.25 Å². The summed E-state index contributed by atoms with van der Waals surface area (Å²) in [5.74, 6) is 0.588. The van der Waals surface area contributed by atoms with E-state index in [2.05, 4.69) is 5.10 Å². The monoisotopic (exact) mass is 396 g/mol. The minimum atomic E-state index is -0.274. The number of fused-ring (bicyclic) bond motifs is 3. The van der Waals surface area contributed by atoms with Gasteiger partial charge in [-0.2, -0.15) is 0 Å². The van der Waals surface area contributed by atoms with Gasteiger partial charge in [-0.1, -0.05) is 55.8 Å². The average Bonchev–Trinajstić information content (AvgIpc) is 2.90. The van der Waals surface area contributed by atoms with E-state index in [4.69, 9.17) is 11.6 Å². The molecule has 0 radical (unpaired) electrons. The highest BCUT2D eigenvalue weighted by molar-refractivity contribution is 6.31. The largest absolute Gasteiger partial charge is 0.346 e. The highest BCUT2D eigenvalue weighted by atomic mass is 35.5. The number of carbonyl (C=O) groups is 1. The normalized spacial score (nSPS) is 13.4. The van der Waals surface area contributed by atoms with Crippen LogP contribution in [0.4, 0.5) is 5.69 Å². The van der Waals surface area contributed by atoms with Crippen molar-refractivity contribution in [2.24, 2.45) is 5.92 Å². The lowest BCUT2D eigenvalue weighted by Crippen LogP contribution is -2.35. The summed E-state index contributed by atoms with van der Waals surface area (Å²) in [4.78, 5) is 27.7. The molecule has 7 heteroatoms. The van der Waals surface area contributed by atoms with Crippen LogP contribution in [0.1, 0.15) is 19.4 Å². The molecule has 4 rings (SSSR count). The Hall–Kier alpha value is -2.86. The number of carbonyl (C=O) groups excluding carboxylic acids is 1. The number of anilines is 1. The van der Waals surface area contributed by atoms with Gasteiger partial charge < -0.3 is 4.90 Å². The zero-order valence-electron chi connectivity index (χ0n) is 15.8. The van der Waals surface area contributed by atoms with Crippen molar-refractivity contribution in [3.8, 4) is 11.4 Å². The molecule has 1 aromatic heterocycles. The number of amides is 1. The zero-order valence-corrected chi connectivity index (χ0v) is 16.6. The van der Waals surface area contributed by atoms with E-state index in [9.17, 15) is 9.59 Å². The van der Waals surface area contributed by atoms with Crippen LogP contribution in [-0.4, -0.2) is 20.3 Å². The first-order valence-electron chi connectivity index (χ1n) is 9.26. The predicted molar refractivity (Wildman–Crippen MR) is 109 cm³/mol. The Morgan fingerprint density at radius 3 is 2.57 bits per heavy atom. The van der Waals surface area contributed by atoms with Crippen LogP contribution in [0.2, 0.25) is 5.02 Å². The molecule has 0 aliphatic carbocycles. The van der Waals surface area contributed by atoms with Crippen LogP contribution in [0, 0.1) is 5.92 Å². The lowest BCUT2D eigenvalue weighted by atomic mass is 10.1. The highest BCUT2D eigenvalue weighted by Crippen LogP contribution is 2.35. The van der Waals surface area contributed by atoms with Crippen LogP contribution in [0.5, 0.6) is 0 Å². The summed E-state index contributed by atoms with van der Waals surface area (Å²) in [5, 5.41) is 5.07. The summed E-state index contributed by atoms with van der Waals surface area (Å²) < 4.78 is 2.88. The molecule has 28 heavy (non-hydrogen) atoms. The second-order valence-corrected chi connectivity index (χ2v) is 7.83. The van der Waals surface area contributed by atoms with Crippen molar-refractivity contribution in [2.75, 3.05) is 4.90 Å². The van der Waals surface area contributed by atoms with Crippen LogP contribution >= 0.6 is 11.6 Å². The molecule has 0 unspecified atom stereocenters. The molecule has 0 N–H and O–H groups in total. The van der Waals surface area contributed by atoms with Crippen LogP contribution in [0.25, 0.3) is 11.4 Å². The first-order valence-corrected chi connectivity index (χ1v) is 9.63. The summed E-state index contributed by atoms with van der Waals surface area (Å²) in [7, 11) is 0. The first kappa shape index (κ1) is 18.5. The zero-order chi connectivity index (χ0) is 19.8. The van der Waals surface area contributed by atoms with Gasteiger partial charge in [-0.3, -0.25) is 9.36 Å². The number of hydrogen-bond donors (Lipinski definition) is 0. The average molecular weight is 397 g/mol. The van der Waals surface area contributed by atoms with Crippen molar-refractivity contribution in [3.05, 3.63) is 69.6 Å². The van der Waals surface area contributed by atoms with Gasteiger partial charge in [0.2, 0.25) is 5.91 Å². The number of rotatable bonds is 4. The minimum Gasteiger partial charge on any atom is -0.306 e. The van der Waals surface area contributed by atoms with E-state index in [0.29, 0.717) is 35.2 Å². The van der Waals surface area contributed by atoms with E-state index in [1.807, 2.05) is 50.2 Å². The molecule has 6 nitrogen and oxygen atoms in total. The van der Waals surface area contributed by atoms with Gasteiger partial charge in [0.1, 0.15) is 6.54 Å². The Labute approximate surface area is 168 Å². The number of halogens is 1. The maximum absolute atomic E-state index is 13.1. The lowest BCUT2D eigenvalue weighted by Gasteiger charge is -2.23. The van der Waals surface area contributed by atoms with Crippen LogP contribution in [0.3, 0.4) is 0 Å². The summed E-state index contributed by atoms with van der Waals surface area (Å²) >= 11 is 6.25. The van der Waals surface area contributed by atoms with Crippen molar-refractivity contribution in [2.45, 2.75) is 33.5 Å². The smallest absolute Gasteiger partial charge is 0.306 e. The van der Waals surface area contributed by atoms with Gasteiger partial charge in [0.15, 0.2) is 5.82 Å². The quantitative estimate of drug-likeness (QED) is 0.677. The Bertz CT molecular complexity index is 1090. The topological polar surface area (TPSA) is 60.1 Å². The molecule has 1 amide bonds. The molecule has 0 saturated heterocycles. The van der Waals surface area contributed by atoms with Crippen LogP contribution < -0.4 is 10.6 Å². The molecule has 1 aliphatic heterocycles. The van der Waals surface area contributed by atoms with Gasteiger partial charge >= 0.3 is 5.69 Å². The third-order valence-corrected chi connectivity index (χ3v) is 4.96. The number of aromatic nitrogens is 3. The Kier molecular flexibility index (Phi) is 4.81. The molecule has 0 saturated carbocycles.